The fourth-order valence-electron chi connectivity index (χ4n) is 4.38. The predicted molar refractivity (Wildman–Crippen MR) is 98.2 cm³/mol. The van der Waals surface area contributed by atoms with Crippen LogP contribution in [0.5, 0.6) is 0 Å². The van der Waals surface area contributed by atoms with Gasteiger partial charge in [-0.05, 0) is 43.2 Å². The SMILES string of the molecule is CSc1ccc2ncnc(N3CC4CCCCCC4(C#N)C3)c2c1. The zero-order chi connectivity index (χ0) is 16.6. The molecule has 1 aromatic heterocycles. The summed E-state index contributed by atoms with van der Waals surface area (Å²) in [5.41, 5.74) is 0.793. The van der Waals surface area contributed by atoms with E-state index in [2.05, 4.69) is 45.4 Å². The number of nitriles is 1. The largest absolute Gasteiger partial charge is 0.354 e. The number of anilines is 1. The summed E-state index contributed by atoms with van der Waals surface area (Å²) in [5, 5.41) is 11.0. The molecular weight excluding hydrogens is 316 g/mol. The molecule has 0 bridgehead atoms. The van der Waals surface area contributed by atoms with Gasteiger partial charge in [0, 0.05) is 23.4 Å². The Morgan fingerprint density at radius 1 is 1.29 bits per heavy atom. The van der Waals surface area contributed by atoms with Gasteiger partial charge in [0.05, 0.1) is 17.0 Å². The molecule has 4 rings (SSSR count). The van der Waals surface area contributed by atoms with Gasteiger partial charge in [0.25, 0.3) is 0 Å². The molecular formula is C19H22N4S. The monoisotopic (exact) mass is 338 g/mol. The minimum Gasteiger partial charge on any atom is -0.354 e. The lowest BCUT2D eigenvalue weighted by atomic mass is 9.76. The summed E-state index contributed by atoms with van der Waals surface area (Å²) in [7, 11) is 0. The molecule has 124 valence electrons. The van der Waals surface area contributed by atoms with Gasteiger partial charge in [-0.1, -0.05) is 19.3 Å². The van der Waals surface area contributed by atoms with Crippen LogP contribution in [-0.2, 0) is 0 Å². The molecule has 2 aromatic rings. The lowest BCUT2D eigenvalue weighted by Crippen LogP contribution is -2.28. The number of hydrogen-bond donors (Lipinski definition) is 0. The fraction of sp³-hybridized carbons (Fsp3) is 0.526. The number of rotatable bonds is 2. The van der Waals surface area contributed by atoms with Gasteiger partial charge in [-0.25, -0.2) is 9.97 Å². The molecule has 2 aliphatic rings. The highest BCUT2D eigenvalue weighted by Crippen LogP contribution is 2.46. The van der Waals surface area contributed by atoms with E-state index in [1.54, 1.807) is 18.1 Å². The maximum Gasteiger partial charge on any atom is 0.139 e. The second-order valence-electron chi connectivity index (χ2n) is 7.03. The summed E-state index contributed by atoms with van der Waals surface area (Å²) >= 11 is 1.74. The van der Waals surface area contributed by atoms with Gasteiger partial charge < -0.3 is 4.90 Å². The summed E-state index contributed by atoms with van der Waals surface area (Å²) in [6.07, 6.45) is 9.65. The molecule has 2 fully saturated rings. The third-order valence-electron chi connectivity index (χ3n) is 5.71. The molecule has 1 aliphatic heterocycles. The number of benzene rings is 1. The first-order valence-electron chi connectivity index (χ1n) is 8.71. The molecule has 4 nitrogen and oxygen atoms in total. The van der Waals surface area contributed by atoms with Crippen molar-refractivity contribution in [3.8, 4) is 6.07 Å². The average molecular weight is 338 g/mol. The summed E-state index contributed by atoms with van der Waals surface area (Å²) in [5.74, 6) is 1.47. The van der Waals surface area contributed by atoms with E-state index >= 15 is 0 Å². The Bertz CT molecular complexity index is 800. The van der Waals surface area contributed by atoms with E-state index in [-0.39, 0.29) is 5.41 Å². The van der Waals surface area contributed by atoms with Gasteiger partial charge >= 0.3 is 0 Å². The van der Waals surface area contributed by atoms with Crippen LogP contribution in [0.4, 0.5) is 5.82 Å². The summed E-state index contributed by atoms with van der Waals surface area (Å²) in [4.78, 5) is 12.6. The number of thioether (sulfide) groups is 1. The highest BCUT2D eigenvalue weighted by atomic mass is 32.2. The Morgan fingerprint density at radius 3 is 3.04 bits per heavy atom. The van der Waals surface area contributed by atoms with Crippen LogP contribution in [0.3, 0.4) is 0 Å². The van der Waals surface area contributed by atoms with Crippen LogP contribution in [0.2, 0.25) is 0 Å². The topological polar surface area (TPSA) is 52.8 Å². The van der Waals surface area contributed by atoms with Gasteiger partial charge in [0.15, 0.2) is 0 Å². The summed E-state index contributed by atoms with van der Waals surface area (Å²) < 4.78 is 0. The van der Waals surface area contributed by atoms with E-state index in [1.807, 2.05) is 0 Å². The second-order valence-corrected chi connectivity index (χ2v) is 7.90. The van der Waals surface area contributed by atoms with Gasteiger partial charge in [-0.15, -0.1) is 11.8 Å². The number of fused-ring (bicyclic) bond motifs is 2. The first-order valence-corrected chi connectivity index (χ1v) is 9.93. The predicted octanol–water partition coefficient (Wildman–Crippen LogP) is 4.26. The molecule has 1 saturated carbocycles. The lowest BCUT2D eigenvalue weighted by molar-refractivity contribution is 0.296. The molecule has 24 heavy (non-hydrogen) atoms. The van der Waals surface area contributed by atoms with Crippen LogP contribution in [-0.4, -0.2) is 29.3 Å². The van der Waals surface area contributed by atoms with E-state index < -0.39 is 0 Å². The van der Waals surface area contributed by atoms with Crippen molar-refractivity contribution in [3.05, 3.63) is 24.5 Å². The van der Waals surface area contributed by atoms with Crippen molar-refractivity contribution < 1.29 is 0 Å². The summed E-state index contributed by atoms with van der Waals surface area (Å²) in [6, 6.07) is 9.06. The molecule has 2 heterocycles. The third kappa shape index (κ3) is 2.53. The minimum absolute atomic E-state index is 0.190. The van der Waals surface area contributed by atoms with Crippen molar-refractivity contribution in [2.45, 2.75) is 37.0 Å². The van der Waals surface area contributed by atoms with Crippen LogP contribution in [0.25, 0.3) is 10.9 Å². The third-order valence-corrected chi connectivity index (χ3v) is 6.44. The van der Waals surface area contributed by atoms with Gasteiger partial charge in [0.1, 0.15) is 12.1 Å². The Hall–Kier alpha value is -1.80. The van der Waals surface area contributed by atoms with Gasteiger partial charge in [0.2, 0.25) is 0 Å². The van der Waals surface area contributed by atoms with E-state index in [0.717, 1.165) is 36.2 Å². The second kappa shape index (κ2) is 6.25. The van der Waals surface area contributed by atoms with Gasteiger partial charge in [-0.2, -0.15) is 5.26 Å². The number of nitrogens with zero attached hydrogens (tertiary/aromatic N) is 4. The molecule has 0 N–H and O–H groups in total. The Morgan fingerprint density at radius 2 is 2.21 bits per heavy atom. The first-order chi connectivity index (χ1) is 11.8. The quantitative estimate of drug-likeness (QED) is 0.766. The Labute approximate surface area is 147 Å². The number of hydrogen-bond acceptors (Lipinski definition) is 5. The van der Waals surface area contributed by atoms with Crippen molar-refractivity contribution in [3.63, 3.8) is 0 Å². The summed E-state index contributed by atoms with van der Waals surface area (Å²) in [6.45, 7) is 1.76. The minimum atomic E-state index is -0.190. The van der Waals surface area contributed by atoms with Crippen LogP contribution in [0.1, 0.15) is 32.1 Å². The van der Waals surface area contributed by atoms with Crippen LogP contribution < -0.4 is 4.90 Å². The van der Waals surface area contributed by atoms with E-state index in [9.17, 15) is 5.26 Å². The molecule has 0 spiro atoms. The van der Waals surface area contributed by atoms with Crippen LogP contribution in [0.15, 0.2) is 29.4 Å². The maximum absolute atomic E-state index is 9.92. The van der Waals surface area contributed by atoms with E-state index in [4.69, 9.17) is 0 Å². The van der Waals surface area contributed by atoms with E-state index in [0.29, 0.717) is 5.92 Å². The molecule has 1 aromatic carbocycles. The fourth-order valence-corrected chi connectivity index (χ4v) is 4.82. The highest BCUT2D eigenvalue weighted by molar-refractivity contribution is 7.98. The zero-order valence-electron chi connectivity index (χ0n) is 14.0. The van der Waals surface area contributed by atoms with Gasteiger partial charge in [-0.3, -0.25) is 0 Å². The molecule has 1 saturated heterocycles. The highest BCUT2D eigenvalue weighted by Gasteiger charge is 2.47. The molecule has 2 unspecified atom stereocenters. The molecule has 2 atom stereocenters. The number of aromatic nitrogens is 2. The Kier molecular flexibility index (Phi) is 4.09. The molecule has 0 radical (unpaired) electrons. The van der Waals surface area contributed by atoms with Crippen molar-refractivity contribution in [2.24, 2.45) is 11.3 Å². The lowest BCUT2D eigenvalue weighted by Gasteiger charge is -2.25. The van der Waals surface area contributed by atoms with Crippen molar-refractivity contribution in [2.75, 3.05) is 24.2 Å². The van der Waals surface area contributed by atoms with Crippen molar-refractivity contribution in [1.82, 2.24) is 9.97 Å². The molecule has 5 heteroatoms. The van der Waals surface area contributed by atoms with Crippen LogP contribution >= 0.6 is 11.8 Å². The standard InChI is InChI=1S/C19H22N4S/c1-24-15-6-7-17-16(9-15)18(22-13-21-17)23-10-14-5-3-2-4-8-19(14,11-20)12-23/h6-7,9,13-14H,2-5,8,10,12H2,1H3. The van der Waals surface area contributed by atoms with Crippen molar-refractivity contribution >= 4 is 28.5 Å². The maximum atomic E-state index is 9.92. The zero-order valence-corrected chi connectivity index (χ0v) is 14.9. The normalized spacial score (nSPS) is 26.8. The average Bonchev–Trinajstić information content (AvgIpc) is 2.88. The Balaban J connectivity index is 1.75. The smallest absolute Gasteiger partial charge is 0.139 e. The van der Waals surface area contributed by atoms with Crippen molar-refractivity contribution in [1.29, 1.82) is 5.26 Å². The molecule has 0 amide bonds. The first kappa shape index (κ1) is 15.7. The van der Waals surface area contributed by atoms with Crippen LogP contribution in [0, 0.1) is 22.7 Å². The molecule has 1 aliphatic carbocycles. The van der Waals surface area contributed by atoms with E-state index in [1.165, 1.54) is 30.6 Å².